The highest BCUT2D eigenvalue weighted by Crippen LogP contribution is 2.19. The second-order valence-electron chi connectivity index (χ2n) is 4.05. The van der Waals surface area contributed by atoms with Crippen molar-refractivity contribution in [1.29, 1.82) is 0 Å². The standard InChI is InChI=1S/C11H17N3/c1-9-7-11(12-14(9)3)10-5-4-6-13(2)8-10/h5,7H,4,6,8H2,1-3H3. The van der Waals surface area contributed by atoms with E-state index in [0.29, 0.717) is 0 Å². The van der Waals surface area contributed by atoms with Crippen LogP contribution in [-0.2, 0) is 7.05 Å². The first-order chi connectivity index (χ1) is 6.66. The summed E-state index contributed by atoms with van der Waals surface area (Å²) in [7, 11) is 4.15. The average molecular weight is 191 g/mol. The molecule has 0 radical (unpaired) electrons. The fourth-order valence-corrected chi connectivity index (χ4v) is 1.80. The van der Waals surface area contributed by atoms with Crippen molar-refractivity contribution in [3.63, 3.8) is 0 Å². The molecular weight excluding hydrogens is 174 g/mol. The van der Waals surface area contributed by atoms with Gasteiger partial charge in [0.15, 0.2) is 0 Å². The monoisotopic (exact) mass is 191 g/mol. The number of rotatable bonds is 1. The summed E-state index contributed by atoms with van der Waals surface area (Å²) in [5.74, 6) is 0. The quantitative estimate of drug-likeness (QED) is 0.670. The van der Waals surface area contributed by atoms with Gasteiger partial charge in [0, 0.05) is 25.8 Å². The molecule has 0 N–H and O–H groups in total. The van der Waals surface area contributed by atoms with Crippen LogP contribution in [0.5, 0.6) is 0 Å². The van der Waals surface area contributed by atoms with Crippen LogP contribution in [0.15, 0.2) is 12.1 Å². The molecule has 0 atom stereocenters. The zero-order valence-electron chi connectivity index (χ0n) is 9.12. The van der Waals surface area contributed by atoms with Gasteiger partial charge < -0.3 is 4.90 Å². The molecule has 76 valence electrons. The Hall–Kier alpha value is -1.09. The van der Waals surface area contributed by atoms with Crippen molar-refractivity contribution in [3.05, 3.63) is 23.5 Å². The van der Waals surface area contributed by atoms with Crippen molar-refractivity contribution in [2.75, 3.05) is 20.1 Å². The number of hydrogen-bond acceptors (Lipinski definition) is 2. The summed E-state index contributed by atoms with van der Waals surface area (Å²) in [5.41, 5.74) is 3.72. The van der Waals surface area contributed by atoms with E-state index in [-0.39, 0.29) is 0 Å². The Morgan fingerprint density at radius 3 is 2.71 bits per heavy atom. The molecule has 3 heteroatoms. The van der Waals surface area contributed by atoms with Crippen molar-refractivity contribution < 1.29 is 0 Å². The normalized spacial score (nSPS) is 18.4. The Balaban J connectivity index is 2.26. The van der Waals surface area contributed by atoms with Gasteiger partial charge in [0.2, 0.25) is 0 Å². The molecule has 0 unspecified atom stereocenters. The van der Waals surface area contributed by atoms with E-state index in [1.165, 1.54) is 11.3 Å². The second-order valence-corrected chi connectivity index (χ2v) is 4.05. The molecule has 3 nitrogen and oxygen atoms in total. The van der Waals surface area contributed by atoms with Gasteiger partial charge in [-0.25, -0.2) is 0 Å². The molecule has 0 saturated carbocycles. The van der Waals surface area contributed by atoms with Gasteiger partial charge in [-0.15, -0.1) is 0 Å². The van der Waals surface area contributed by atoms with Crippen molar-refractivity contribution >= 4 is 5.57 Å². The molecule has 0 aromatic carbocycles. The smallest absolute Gasteiger partial charge is 0.0895 e. The van der Waals surface area contributed by atoms with Crippen molar-refractivity contribution in [2.24, 2.45) is 7.05 Å². The van der Waals surface area contributed by atoms with Gasteiger partial charge in [-0.05, 0) is 32.0 Å². The minimum atomic E-state index is 1.02. The molecule has 0 saturated heterocycles. The van der Waals surface area contributed by atoms with Crippen LogP contribution in [0.2, 0.25) is 0 Å². The number of hydrogen-bond donors (Lipinski definition) is 0. The van der Waals surface area contributed by atoms with Gasteiger partial charge in [-0.3, -0.25) is 4.68 Å². The third-order valence-corrected chi connectivity index (χ3v) is 2.78. The van der Waals surface area contributed by atoms with Crippen molar-refractivity contribution in [1.82, 2.24) is 14.7 Å². The number of nitrogens with zero attached hydrogens (tertiary/aromatic N) is 3. The molecule has 1 aromatic heterocycles. The Kier molecular flexibility index (Phi) is 2.42. The highest BCUT2D eigenvalue weighted by Gasteiger charge is 2.12. The van der Waals surface area contributed by atoms with Gasteiger partial charge in [0.25, 0.3) is 0 Å². The predicted molar refractivity (Wildman–Crippen MR) is 58.0 cm³/mol. The van der Waals surface area contributed by atoms with Crippen LogP contribution >= 0.6 is 0 Å². The SMILES string of the molecule is Cc1cc(C2=CCCN(C)C2)nn1C. The van der Waals surface area contributed by atoms with Crippen molar-refractivity contribution in [3.8, 4) is 0 Å². The highest BCUT2D eigenvalue weighted by molar-refractivity contribution is 5.64. The number of aryl methyl sites for hydroxylation is 2. The van der Waals surface area contributed by atoms with Crippen LogP contribution in [0.3, 0.4) is 0 Å². The minimum absolute atomic E-state index is 1.02. The van der Waals surface area contributed by atoms with E-state index in [1.54, 1.807) is 0 Å². The summed E-state index contributed by atoms with van der Waals surface area (Å²) in [5, 5.41) is 4.49. The third kappa shape index (κ3) is 1.73. The summed E-state index contributed by atoms with van der Waals surface area (Å²) >= 11 is 0. The van der Waals surface area contributed by atoms with E-state index < -0.39 is 0 Å². The molecule has 1 aliphatic heterocycles. The lowest BCUT2D eigenvalue weighted by atomic mass is 10.1. The number of aromatic nitrogens is 2. The molecule has 0 amide bonds. The highest BCUT2D eigenvalue weighted by atomic mass is 15.3. The average Bonchev–Trinajstić information content (AvgIpc) is 2.47. The van der Waals surface area contributed by atoms with Crippen LogP contribution in [0, 0.1) is 6.92 Å². The van der Waals surface area contributed by atoms with Crippen LogP contribution in [0.1, 0.15) is 17.8 Å². The van der Waals surface area contributed by atoms with Gasteiger partial charge in [0.05, 0.1) is 5.69 Å². The lowest BCUT2D eigenvalue weighted by molar-refractivity contribution is 0.372. The number of likely N-dealkylation sites (N-methyl/N-ethyl adjacent to an activating group) is 1. The molecule has 0 spiro atoms. The molecule has 0 fully saturated rings. The Morgan fingerprint density at radius 1 is 1.36 bits per heavy atom. The van der Waals surface area contributed by atoms with E-state index >= 15 is 0 Å². The van der Waals surface area contributed by atoms with Crippen LogP contribution < -0.4 is 0 Å². The van der Waals surface area contributed by atoms with Gasteiger partial charge >= 0.3 is 0 Å². The summed E-state index contributed by atoms with van der Waals surface area (Å²) in [6.07, 6.45) is 3.45. The molecule has 2 heterocycles. The molecule has 0 aliphatic carbocycles. The fraction of sp³-hybridized carbons (Fsp3) is 0.545. The fourth-order valence-electron chi connectivity index (χ4n) is 1.80. The first-order valence-corrected chi connectivity index (χ1v) is 5.05. The van der Waals surface area contributed by atoms with Crippen LogP contribution in [0.4, 0.5) is 0 Å². The summed E-state index contributed by atoms with van der Waals surface area (Å²) in [4.78, 5) is 2.33. The summed E-state index contributed by atoms with van der Waals surface area (Å²) in [6, 6.07) is 2.16. The Labute approximate surface area is 85.0 Å². The lowest BCUT2D eigenvalue weighted by Crippen LogP contribution is -2.25. The van der Waals surface area contributed by atoms with E-state index in [4.69, 9.17) is 0 Å². The topological polar surface area (TPSA) is 21.1 Å². The molecule has 0 bridgehead atoms. The van der Waals surface area contributed by atoms with E-state index in [0.717, 1.165) is 25.2 Å². The van der Waals surface area contributed by atoms with E-state index in [9.17, 15) is 0 Å². The Bertz CT molecular complexity index is 343. The van der Waals surface area contributed by atoms with Crippen LogP contribution in [-0.4, -0.2) is 34.8 Å². The molecular formula is C11H17N3. The molecule has 14 heavy (non-hydrogen) atoms. The largest absolute Gasteiger partial charge is 0.302 e. The van der Waals surface area contributed by atoms with Gasteiger partial charge in [0.1, 0.15) is 0 Å². The maximum absolute atomic E-state index is 4.49. The molecule has 1 aromatic rings. The zero-order chi connectivity index (χ0) is 10.1. The summed E-state index contributed by atoms with van der Waals surface area (Å²) in [6.45, 7) is 4.27. The first-order valence-electron chi connectivity index (χ1n) is 5.05. The maximum Gasteiger partial charge on any atom is 0.0895 e. The lowest BCUT2D eigenvalue weighted by Gasteiger charge is -2.21. The predicted octanol–water partition coefficient (Wildman–Crippen LogP) is 1.45. The third-order valence-electron chi connectivity index (χ3n) is 2.78. The van der Waals surface area contributed by atoms with Gasteiger partial charge in [-0.1, -0.05) is 6.08 Å². The molecule has 2 rings (SSSR count). The van der Waals surface area contributed by atoms with Crippen LogP contribution in [0.25, 0.3) is 5.57 Å². The van der Waals surface area contributed by atoms with Crippen molar-refractivity contribution in [2.45, 2.75) is 13.3 Å². The van der Waals surface area contributed by atoms with Gasteiger partial charge in [-0.2, -0.15) is 5.10 Å². The van der Waals surface area contributed by atoms with E-state index in [2.05, 4.69) is 36.1 Å². The Morgan fingerprint density at radius 2 is 2.14 bits per heavy atom. The second kappa shape index (κ2) is 3.58. The summed E-state index contributed by atoms with van der Waals surface area (Å²) < 4.78 is 1.94. The first kappa shape index (κ1) is 9.46. The van der Waals surface area contributed by atoms with E-state index in [1.807, 2.05) is 11.7 Å². The zero-order valence-corrected chi connectivity index (χ0v) is 9.12. The maximum atomic E-state index is 4.49. The molecule has 1 aliphatic rings. The minimum Gasteiger partial charge on any atom is -0.302 e.